The molecule has 4 nitrogen and oxygen atoms in total. The zero-order chi connectivity index (χ0) is 5.98. The molecule has 0 aromatic carbocycles. The maximum atomic E-state index is 3.89. The van der Waals surface area contributed by atoms with Gasteiger partial charge in [0.1, 0.15) is 0 Å². The molecule has 0 aliphatic rings. The highest BCUT2D eigenvalue weighted by molar-refractivity contribution is 7.98. The number of tetrazole rings is 1. The van der Waals surface area contributed by atoms with Crippen LogP contribution in [0, 0.1) is 0 Å². The van der Waals surface area contributed by atoms with Crippen LogP contribution in [0.25, 0.3) is 0 Å². The Morgan fingerprint density at radius 3 is 2.62 bits per heavy atom. The van der Waals surface area contributed by atoms with Gasteiger partial charge in [-0.25, -0.2) is 0 Å². The average Bonchev–Trinajstić information content (AvgIpc) is 2.14. The first kappa shape index (κ1) is 5.55. The minimum Gasteiger partial charge on any atom is -0.166 e. The number of nitrogens with zero attached hydrogens (tertiary/aromatic N) is 4. The van der Waals surface area contributed by atoms with E-state index in [1.807, 2.05) is 6.26 Å². The zero-order valence-corrected chi connectivity index (χ0v) is 5.51. The molecule has 0 amide bonds. The third kappa shape index (κ3) is 0.975. The van der Waals surface area contributed by atoms with Gasteiger partial charge in [0.25, 0.3) is 0 Å². The first-order chi connectivity index (χ1) is 3.83. The van der Waals surface area contributed by atoms with E-state index in [2.05, 4.69) is 15.4 Å². The zero-order valence-electron chi connectivity index (χ0n) is 4.70. The number of hydrogen-bond acceptors (Lipinski definition) is 4. The molecule has 1 aromatic heterocycles. The molecule has 0 saturated heterocycles. The summed E-state index contributed by atoms with van der Waals surface area (Å²) >= 11 is 1.48. The normalized spacial score (nSPS) is 9.75. The van der Waals surface area contributed by atoms with E-state index in [1.165, 1.54) is 16.6 Å². The van der Waals surface area contributed by atoms with Gasteiger partial charge in [-0.3, -0.25) is 0 Å². The quantitative estimate of drug-likeness (QED) is 0.499. The van der Waals surface area contributed by atoms with Crippen LogP contribution in [0.3, 0.4) is 0 Å². The molecule has 0 atom stereocenters. The molecular formula is C3H6N4S. The molecule has 0 aliphatic heterocycles. The maximum absolute atomic E-state index is 3.89. The van der Waals surface area contributed by atoms with Crippen LogP contribution in [0.4, 0.5) is 0 Å². The lowest BCUT2D eigenvalue weighted by Gasteiger charge is -1.77. The minimum absolute atomic E-state index is 0.715. The van der Waals surface area contributed by atoms with Gasteiger partial charge in [0.05, 0.1) is 7.05 Å². The maximum Gasteiger partial charge on any atom is 0.230 e. The highest BCUT2D eigenvalue weighted by Crippen LogP contribution is 2.02. The molecule has 1 heterocycles. The fraction of sp³-hybridized carbons (Fsp3) is 0.667. The Bertz CT molecular complexity index is 172. The molecule has 5 heteroatoms. The van der Waals surface area contributed by atoms with Gasteiger partial charge in [-0.1, -0.05) is 11.8 Å². The van der Waals surface area contributed by atoms with Crippen LogP contribution in [0.1, 0.15) is 0 Å². The standard InChI is InChI=1S/C3H6N4S/c1-7-5-3(8-2)4-6-7/h1-2H3. The molecule has 0 unspecified atom stereocenters. The van der Waals surface area contributed by atoms with Crippen LogP contribution in [-0.2, 0) is 7.05 Å². The summed E-state index contributed by atoms with van der Waals surface area (Å²) < 4.78 is 0. The van der Waals surface area contributed by atoms with Crippen LogP contribution in [0.15, 0.2) is 5.16 Å². The van der Waals surface area contributed by atoms with Gasteiger partial charge in [-0.05, 0) is 11.5 Å². The summed E-state index contributed by atoms with van der Waals surface area (Å²) in [6.45, 7) is 0. The lowest BCUT2D eigenvalue weighted by Crippen LogP contribution is -1.91. The van der Waals surface area contributed by atoms with Gasteiger partial charge in [0.15, 0.2) is 0 Å². The van der Waals surface area contributed by atoms with E-state index < -0.39 is 0 Å². The van der Waals surface area contributed by atoms with Gasteiger partial charge in [0, 0.05) is 0 Å². The SMILES string of the molecule is CSc1nnn(C)n1. The van der Waals surface area contributed by atoms with Gasteiger partial charge < -0.3 is 0 Å². The van der Waals surface area contributed by atoms with Crippen molar-refractivity contribution >= 4 is 11.8 Å². The summed E-state index contributed by atoms with van der Waals surface area (Å²) in [6, 6.07) is 0. The largest absolute Gasteiger partial charge is 0.230 e. The van der Waals surface area contributed by atoms with Crippen LogP contribution in [0.5, 0.6) is 0 Å². The van der Waals surface area contributed by atoms with Crippen LogP contribution in [-0.4, -0.2) is 26.5 Å². The summed E-state index contributed by atoms with van der Waals surface area (Å²) in [7, 11) is 1.74. The second-order valence-electron chi connectivity index (χ2n) is 1.27. The van der Waals surface area contributed by atoms with E-state index in [-0.39, 0.29) is 0 Å². The molecule has 1 rings (SSSR count). The van der Waals surface area contributed by atoms with Crippen molar-refractivity contribution in [1.29, 1.82) is 0 Å². The predicted octanol–water partition coefficient (Wildman–Crippen LogP) is -0.0680. The molecule has 0 N–H and O–H groups in total. The highest BCUT2D eigenvalue weighted by Gasteiger charge is 1.92. The van der Waals surface area contributed by atoms with Crippen molar-refractivity contribution in [2.75, 3.05) is 6.26 Å². The van der Waals surface area contributed by atoms with Crippen LogP contribution in [0.2, 0.25) is 0 Å². The Balaban J connectivity index is 2.84. The van der Waals surface area contributed by atoms with E-state index in [1.54, 1.807) is 7.05 Å². The number of rotatable bonds is 1. The van der Waals surface area contributed by atoms with Gasteiger partial charge in [0.2, 0.25) is 5.16 Å². The molecule has 0 spiro atoms. The average molecular weight is 130 g/mol. The van der Waals surface area contributed by atoms with Crippen molar-refractivity contribution in [3.8, 4) is 0 Å². The Morgan fingerprint density at radius 2 is 2.38 bits per heavy atom. The van der Waals surface area contributed by atoms with Crippen molar-refractivity contribution in [3.05, 3.63) is 0 Å². The fourth-order valence-corrected chi connectivity index (χ4v) is 0.666. The topological polar surface area (TPSA) is 43.6 Å². The highest BCUT2D eigenvalue weighted by atomic mass is 32.2. The number of aryl methyl sites for hydroxylation is 1. The molecule has 44 valence electrons. The number of aromatic nitrogens is 4. The Labute approximate surface area is 51.3 Å². The Hall–Kier alpha value is -0.580. The van der Waals surface area contributed by atoms with E-state index in [9.17, 15) is 0 Å². The molecular weight excluding hydrogens is 124 g/mol. The van der Waals surface area contributed by atoms with Gasteiger partial charge in [-0.2, -0.15) is 4.80 Å². The summed E-state index contributed by atoms with van der Waals surface area (Å²) in [5.41, 5.74) is 0. The van der Waals surface area contributed by atoms with Crippen molar-refractivity contribution in [1.82, 2.24) is 20.2 Å². The minimum atomic E-state index is 0.715. The van der Waals surface area contributed by atoms with Gasteiger partial charge in [-0.15, -0.1) is 10.2 Å². The van der Waals surface area contributed by atoms with Crippen molar-refractivity contribution in [2.45, 2.75) is 5.16 Å². The van der Waals surface area contributed by atoms with Crippen molar-refractivity contribution in [2.24, 2.45) is 7.05 Å². The molecule has 0 saturated carbocycles. The molecule has 0 aliphatic carbocycles. The van der Waals surface area contributed by atoms with Crippen molar-refractivity contribution < 1.29 is 0 Å². The first-order valence-corrected chi connectivity index (χ1v) is 3.33. The van der Waals surface area contributed by atoms with E-state index >= 15 is 0 Å². The third-order valence-corrected chi connectivity index (χ3v) is 1.20. The molecule has 8 heavy (non-hydrogen) atoms. The lowest BCUT2D eigenvalue weighted by molar-refractivity contribution is 0.626. The first-order valence-electron chi connectivity index (χ1n) is 2.11. The molecule has 0 fully saturated rings. The Morgan fingerprint density at radius 1 is 1.62 bits per heavy atom. The number of thioether (sulfide) groups is 1. The lowest BCUT2D eigenvalue weighted by atomic mass is 11.4. The summed E-state index contributed by atoms with van der Waals surface area (Å²) in [4.78, 5) is 1.44. The smallest absolute Gasteiger partial charge is 0.166 e. The predicted molar refractivity (Wildman–Crippen MR) is 30.6 cm³/mol. The van der Waals surface area contributed by atoms with Crippen LogP contribution >= 0.6 is 11.8 Å². The number of hydrogen-bond donors (Lipinski definition) is 0. The fourth-order valence-electron chi connectivity index (χ4n) is 0.348. The molecule has 1 aromatic rings. The van der Waals surface area contributed by atoms with E-state index in [0.717, 1.165) is 0 Å². The summed E-state index contributed by atoms with van der Waals surface area (Å²) in [5.74, 6) is 0. The third-order valence-electron chi connectivity index (χ3n) is 0.673. The van der Waals surface area contributed by atoms with E-state index in [0.29, 0.717) is 5.16 Å². The summed E-state index contributed by atoms with van der Waals surface area (Å²) in [5, 5.41) is 11.9. The Kier molecular flexibility index (Phi) is 1.48. The molecule has 0 radical (unpaired) electrons. The monoisotopic (exact) mass is 130 g/mol. The second-order valence-corrected chi connectivity index (χ2v) is 2.04. The summed E-state index contributed by atoms with van der Waals surface area (Å²) in [6.07, 6.45) is 1.91. The second kappa shape index (κ2) is 2.13. The van der Waals surface area contributed by atoms with Gasteiger partial charge >= 0.3 is 0 Å². The van der Waals surface area contributed by atoms with E-state index in [4.69, 9.17) is 0 Å². The van der Waals surface area contributed by atoms with Crippen molar-refractivity contribution in [3.63, 3.8) is 0 Å². The van der Waals surface area contributed by atoms with Crippen LogP contribution < -0.4 is 0 Å². The molecule has 0 bridgehead atoms.